The molecule has 0 aromatic heterocycles. The lowest BCUT2D eigenvalue weighted by Crippen LogP contribution is -2.48. The van der Waals surface area contributed by atoms with E-state index in [1.807, 2.05) is 19.9 Å². The Balaban J connectivity index is 2.96. The third kappa shape index (κ3) is 6.63. The van der Waals surface area contributed by atoms with E-state index >= 15 is 0 Å². The van der Waals surface area contributed by atoms with Crippen molar-refractivity contribution in [3.05, 3.63) is 29.3 Å². The van der Waals surface area contributed by atoms with Crippen molar-refractivity contribution in [2.24, 2.45) is 5.92 Å². The summed E-state index contributed by atoms with van der Waals surface area (Å²) in [6.07, 6.45) is 5.50. The average Bonchev–Trinajstić information content (AvgIpc) is 2.52. The molecular formula is C20H34N2O3S. The number of hydrogen-bond acceptors (Lipinski definition) is 3. The number of sulfonamides is 1. The second-order valence-electron chi connectivity index (χ2n) is 7.24. The van der Waals surface area contributed by atoms with Crippen LogP contribution in [0.3, 0.4) is 0 Å². The Morgan fingerprint density at radius 3 is 2.19 bits per heavy atom. The lowest BCUT2D eigenvalue weighted by Gasteiger charge is -2.29. The van der Waals surface area contributed by atoms with Crippen LogP contribution in [0.1, 0.15) is 57.6 Å². The zero-order valence-corrected chi connectivity index (χ0v) is 17.8. The molecule has 0 saturated heterocycles. The number of nitrogens with one attached hydrogen (secondary N) is 1. The van der Waals surface area contributed by atoms with Crippen molar-refractivity contribution in [3.8, 4) is 0 Å². The molecule has 0 fully saturated rings. The minimum absolute atomic E-state index is 0.260. The number of aryl methyl sites for hydroxylation is 2. The summed E-state index contributed by atoms with van der Waals surface area (Å²) < 4.78 is 26.0. The van der Waals surface area contributed by atoms with E-state index < -0.39 is 16.1 Å². The Hall–Kier alpha value is -1.56. The van der Waals surface area contributed by atoms with Crippen LogP contribution in [0.15, 0.2) is 18.2 Å². The molecule has 0 aliphatic heterocycles. The van der Waals surface area contributed by atoms with Gasteiger partial charge < -0.3 is 5.32 Å². The molecule has 1 N–H and O–H groups in total. The van der Waals surface area contributed by atoms with Crippen molar-refractivity contribution in [2.75, 3.05) is 17.1 Å². The Morgan fingerprint density at radius 2 is 1.73 bits per heavy atom. The Bertz CT molecular complexity index is 681. The van der Waals surface area contributed by atoms with E-state index in [2.05, 4.69) is 19.2 Å². The number of nitrogens with zero attached hydrogens (tertiary/aromatic N) is 1. The van der Waals surface area contributed by atoms with Gasteiger partial charge >= 0.3 is 0 Å². The summed E-state index contributed by atoms with van der Waals surface area (Å²) in [4.78, 5) is 12.7. The molecule has 26 heavy (non-hydrogen) atoms. The van der Waals surface area contributed by atoms with E-state index in [0.29, 0.717) is 18.2 Å². The van der Waals surface area contributed by atoms with E-state index in [0.717, 1.165) is 43.1 Å². The first-order valence-electron chi connectivity index (χ1n) is 9.45. The SMILES string of the molecule is CCCC[C@H](CC)CNC(=O)[C@H](C)N(c1cc(C)cc(C)c1)S(C)(=O)=O. The highest BCUT2D eigenvalue weighted by atomic mass is 32.2. The lowest BCUT2D eigenvalue weighted by molar-refractivity contribution is -0.122. The molecule has 0 unspecified atom stereocenters. The van der Waals surface area contributed by atoms with E-state index in [1.54, 1.807) is 19.1 Å². The molecule has 6 heteroatoms. The number of amides is 1. The number of hydrogen-bond donors (Lipinski definition) is 1. The van der Waals surface area contributed by atoms with Crippen molar-refractivity contribution in [1.82, 2.24) is 5.32 Å². The Labute approximate surface area is 159 Å². The topological polar surface area (TPSA) is 66.5 Å². The van der Waals surface area contributed by atoms with E-state index in [1.165, 1.54) is 4.31 Å². The minimum Gasteiger partial charge on any atom is -0.354 e. The van der Waals surface area contributed by atoms with Crippen LogP contribution in [0.2, 0.25) is 0 Å². The second-order valence-corrected chi connectivity index (χ2v) is 9.10. The van der Waals surface area contributed by atoms with Crippen LogP contribution in [0.25, 0.3) is 0 Å². The highest BCUT2D eigenvalue weighted by molar-refractivity contribution is 7.92. The van der Waals surface area contributed by atoms with Crippen LogP contribution in [0.5, 0.6) is 0 Å². The van der Waals surface area contributed by atoms with Gasteiger partial charge in [0.25, 0.3) is 0 Å². The summed E-state index contributed by atoms with van der Waals surface area (Å²) in [5.74, 6) is 0.170. The average molecular weight is 383 g/mol. The van der Waals surface area contributed by atoms with E-state index in [-0.39, 0.29) is 5.91 Å². The third-order valence-corrected chi connectivity index (χ3v) is 5.90. The Morgan fingerprint density at radius 1 is 1.15 bits per heavy atom. The third-order valence-electron chi connectivity index (χ3n) is 4.66. The van der Waals surface area contributed by atoms with Crippen LogP contribution < -0.4 is 9.62 Å². The molecule has 1 aromatic rings. The highest BCUT2D eigenvalue weighted by Gasteiger charge is 2.29. The molecule has 0 aliphatic carbocycles. The maximum absolute atomic E-state index is 12.7. The van der Waals surface area contributed by atoms with Gasteiger partial charge in [0.15, 0.2) is 0 Å². The molecule has 148 valence electrons. The fraction of sp³-hybridized carbons (Fsp3) is 0.650. The molecule has 1 aromatic carbocycles. The molecule has 0 aliphatic rings. The second kappa shape index (κ2) is 9.95. The van der Waals surface area contributed by atoms with E-state index in [4.69, 9.17) is 0 Å². The van der Waals surface area contributed by atoms with Gasteiger partial charge in [-0.25, -0.2) is 8.42 Å². The van der Waals surface area contributed by atoms with Crippen LogP contribution >= 0.6 is 0 Å². The molecular weight excluding hydrogens is 348 g/mol. The smallest absolute Gasteiger partial charge is 0.243 e. The summed E-state index contributed by atoms with van der Waals surface area (Å²) in [5, 5.41) is 2.95. The van der Waals surface area contributed by atoms with Crippen LogP contribution in [0.4, 0.5) is 5.69 Å². The summed E-state index contributed by atoms with van der Waals surface area (Å²) in [6, 6.07) is 4.78. The van der Waals surface area contributed by atoms with Crippen molar-refractivity contribution in [3.63, 3.8) is 0 Å². The van der Waals surface area contributed by atoms with Gasteiger partial charge in [0.05, 0.1) is 11.9 Å². The van der Waals surface area contributed by atoms with Gasteiger partial charge in [-0.3, -0.25) is 9.10 Å². The van der Waals surface area contributed by atoms with Gasteiger partial charge in [-0.05, 0) is 56.4 Å². The van der Waals surface area contributed by atoms with Gasteiger partial charge in [-0.2, -0.15) is 0 Å². The fourth-order valence-corrected chi connectivity index (χ4v) is 4.38. The summed E-state index contributed by atoms with van der Waals surface area (Å²) in [7, 11) is -3.58. The first-order valence-corrected chi connectivity index (χ1v) is 11.3. The maximum Gasteiger partial charge on any atom is 0.243 e. The zero-order chi connectivity index (χ0) is 19.9. The molecule has 0 bridgehead atoms. The van der Waals surface area contributed by atoms with Gasteiger partial charge in [-0.15, -0.1) is 0 Å². The van der Waals surface area contributed by atoms with Crippen molar-refractivity contribution in [2.45, 2.75) is 66.3 Å². The monoisotopic (exact) mass is 382 g/mol. The van der Waals surface area contributed by atoms with Gasteiger partial charge in [-0.1, -0.05) is 39.2 Å². The quantitative estimate of drug-likeness (QED) is 0.669. The molecule has 0 radical (unpaired) electrons. The van der Waals surface area contributed by atoms with E-state index in [9.17, 15) is 13.2 Å². The molecule has 2 atom stereocenters. The van der Waals surface area contributed by atoms with Crippen molar-refractivity contribution in [1.29, 1.82) is 0 Å². The molecule has 0 saturated carbocycles. The minimum atomic E-state index is -3.58. The highest BCUT2D eigenvalue weighted by Crippen LogP contribution is 2.24. The first kappa shape index (κ1) is 22.5. The fourth-order valence-electron chi connectivity index (χ4n) is 3.22. The summed E-state index contributed by atoms with van der Waals surface area (Å²) in [5.41, 5.74) is 2.46. The number of anilines is 1. The lowest BCUT2D eigenvalue weighted by atomic mass is 9.99. The normalized spacial score (nSPS) is 13.9. The first-order chi connectivity index (χ1) is 12.1. The number of carbonyl (C=O) groups excluding carboxylic acids is 1. The van der Waals surface area contributed by atoms with Gasteiger partial charge in [0.2, 0.25) is 15.9 Å². The molecule has 1 amide bonds. The zero-order valence-electron chi connectivity index (χ0n) is 17.0. The molecule has 0 spiro atoms. The predicted molar refractivity (Wildman–Crippen MR) is 109 cm³/mol. The van der Waals surface area contributed by atoms with Crippen LogP contribution in [-0.4, -0.2) is 33.2 Å². The molecule has 1 rings (SSSR count). The summed E-state index contributed by atoms with van der Waals surface area (Å²) >= 11 is 0. The Kier molecular flexibility index (Phi) is 8.60. The summed E-state index contributed by atoms with van der Waals surface area (Å²) in [6.45, 7) is 10.3. The predicted octanol–water partition coefficient (Wildman–Crippen LogP) is 3.79. The van der Waals surface area contributed by atoms with Crippen molar-refractivity contribution < 1.29 is 13.2 Å². The number of rotatable bonds is 10. The van der Waals surface area contributed by atoms with Crippen LogP contribution in [-0.2, 0) is 14.8 Å². The number of unbranched alkanes of at least 4 members (excludes halogenated alkanes) is 1. The van der Waals surface area contributed by atoms with Crippen molar-refractivity contribution >= 4 is 21.6 Å². The maximum atomic E-state index is 12.7. The number of benzene rings is 1. The standard InChI is InChI=1S/C20H34N2O3S/c1-7-9-10-18(8-2)14-21-20(23)17(5)22(26(6,24)25)19-12-15(3)11-16(4)13-19/h11-13,17-18H,7-10,14H2,1-6H3,(H,21,23)/t17-,18-/m0/s1. The largest absolute Gasteiger partial charge is 0.354 e. The molecule has 5 nitrogen and oxygen atoms in total. The number of carbonyl (C=O) groups is 1. The van der Waals surface area contributed by atoms with Gasteiger partial charge in [0.1, 0.15) is 6.04 Å². The van der Waals surface area contributed by atoms with Crippen LogP contribution in [0, 0.1) is 19.8 Å². The van der Waals surface area contributed by atoms with Gasteiger partial charge in [0, 0.05) is 6.54 Å². The molecule has 0 heterocycles.